The molecular formula is C10H21NO2. The number of hydrogen-bond acceptors (Lipinski definition) is 2. The lowest BCUT2D eigenvalue weighted by Gasteiger charge is -2.03. The zero-order valence-corrected chi connectivity index (χ0v) is 8.77. The number of hydrogen-bond donors (Lipinski definition) is 1. The summed E-state index contributed by atoms with van der Waals surface area (Å²) in [6, 6.07) is 0. The summed E-state index contributed by atoms with van der Waals surface area (Å²) in [4.78, 5) is 10.8. The van der Waals surface area contributed by atoms with Gasteiger partial charge in [-0.25, -0.2) is 0 Å². The second-order valence-electron chi connectivity index (χ2n) is 3.02. The van der Waals surface area contributed by atoms with Crippen molar-refractivity contribution in [1.82, 2.24) is 5.32 Å². The monoisotopic (exact) mass is 187 g/mol. The highest BCUT2D eigenvalue weighted by Crippen LogP contribution is 1.90. The van der Waals surface area contributed by atoms with E-state index in [0.717, 1.165) is 39.0 Å². The van der Waals surface area contributed by atoms with Crippen molar-refractivity contribution < 1.29 is 9.53 Å². The molecule has 0 spiro atoms. The summed E-state index contributed by atoms with van der Waals surface area (Å²) in [5.74, 6) is 0.134. The molecule has 0 heterocycles. The first-order valence-corrected chi connectivity index (χ1v) is 5.15. The van der Waals surface area contributed by atoms with Gasteiger partial charge in [0.05, 0.1) is 0 Å². The van der Waals surface area contributed by atoms with Crippen LogP contribution in [0.1, 0.15) is 39.5 Å². The van der Waals surface area contributed by atoms with Gasteiger partial charge < -0.3 is 10.1 Å². The van der Waals surface area contributed by atoms with Gasteiger partial charge >= 0.3 is 0 Å². The van der Waals surface area contributed by atoms with Crippen molar-refractivity contribution in [2.75, 3.05) is 19.8 Å². The molecule has 0 aromatic heterocycles. The molecule has 0 aromatic rings. The first-order valence-electron chi connectivity index (χ1n) is 5.15. The van der Waals surface area contributed by atoms with Gasteiger partial charge in [-0.15, -0.1) is 0 Å². The summed E-state index contributed by atoms with van der Waals surface area (Å²) in [5.41, 5.74) is 0. The van der Waals surface area contributed by atoms with Crippen molar-refractivity contribution in [2.45, 2.75) is 39.5 Å². The van der Waals surface area contributed by atoms with Crippen LogP contribution < -0.4 is 5.32 Å². The Kier molecular flexibility index (Phi) is 9.10. The second kappa shape index (κ2) is 9.52. The molecule has 0 rings (SSSR count). The van der Waals surface area contributed by atoms with Gasteiger partial charge in [0.2, 0.25) is 5.91 Å². The number of carbonyl (C=O) groups is 1. The third-order valence-corrected chi connectivity index (χ3v) is 1.71. The Labute approximate surface area is 80.8 Å². The minimum atomic E-state index is 0.134. The molecule has 0 aromatic carbocycles. The van der Waals surface area contributed by atoms with Crippen molar-refractivity contribution in [2.24, 2.45) is 0 Å². The van der Waals surface area contributed by atoms with Crippen LogP contribution in [-0.4, -0.2) is 25.7 Å². The summed E-state index contributed by atoms with van der Waals surface area (Å²) in [5, 5.41) is 2.83. The maximum Gasteiger partial charge on any atom is 0.219 e. The van der Waals surface area contributed by atoms with Crippen molar-refractivity contribution in [3.05, 3.63) is 0 Å². The molecule has 0 bridgehead atoms. The van der Waals surface area contributed by atoms with Gasteiger partial charge in [-0.1, -0.05) is 13.8 Å². The summed E-state index contributed by atoms with van der Waals surface area (Å²) in [6.07, 6.45) is 3.69. The van der Waals surface area contributed by atoms with Gasteiger partial charge in [-0.2, -0.15) is 0 Å². The Morgan fingerprint density at radius 2 is 2.00 bits per heavy atom. The smallest absolute Gasteiger partial charge is 0.219 e. The van der Waals surface area contributed by atoms with Crippen LogP contribution in [0.2, 0.25) is 0 Å². The van der Waals surface area contributed by atoms with Crippen LogP contribution in [0.5, 0.6) is 0 Å². The zero-order valence-electron chi connectivity index (χ0n) is 8.77. The van der Waals surface area contributed by atoms with Gasteiger partial charge in [-0.3, -0.25) is 4.79 Å². The van der Waals surface area contributed by atoms with E-state index in [1.165, 1.54) is 0 Å². The lowest BCUT2D eigenvalue weighted by molar-refractivity contribution is -0.120. The second-order valence-corrected chi connectivity index (χ2v) is 3.02. The maximum atomic E-state index is 10.8. The van der Waals surface area contributed by atoms with E-state index in [2.05, 4.69) is 12.2 Å². The zero-order chi connectivity index (χ0) is 9.94. The normalized spacial score (nSPS) is 10.0. The predicted molar refractivity (Wildman–Crippen MR) is 53.6 cm³/mol. The fraction of sp³-hybridized carbons (Fsp3) is 0.900. The minimum absolute atomic E-state index is 0.134. The molecule has 13 heavy (non-hydrogen) atoms. The number of unbranched alkanes of at least 4 members (excludes halogenated alkanes) is 1. The van der Waals surface area contributed by atoms with Crippen LogP contribution in [0.3, 0.4) is 0 Å². The Morgan fingerprint density at radius 1 is 1.23 bits per heavy atom. The summed E-state index contributed by atoms with van der Waals surface area (Å²) < 4.78 is 5.30. The van der Waals surface area contributed by atoms with Crippen LogP contribution >= 0.6 is 0 Å². The van der Waals surface area contributed by atoms with E-state index >= 15 is 0 Å². The first kappa shape index (κ1) is 12.4. The number of rotatable bonds is 8. The predicted octanol–water partition coefficient (Wildman–Crippen LogP) is 1.72. The van der Waals surface area contributed by atoms with Crippen molar-refractivity contribution in [1.29, 1.82) is 0 Å². The van der Waals surface area contributed by atoms with E-state index in [4.69, 9.17) is 4.74 Å². The van der Waals surface area contributed by atoms with Crippen LogP contribution in [-0.2, 0) is 9.53 Å². The molecule has 0 saturated carbocycles. The first-order chi connectivity index (χ1) is 6.31. The Bertz CT molecular complexity index is 126. The van der Waals surface area contributed by atoms with Crippen LogP contribution in [0.15, 0.2) is 0 Å². The number of carbonyl (C=O) groups excluding carboxylic acids is 1. The van der Waals surface area contributed by atoms with E-state index < -0.39 is 0 Å². The highest BCUT2D eigenvalue weighted by molar-refractivity contribution is 5.75. The number of nitrogens with one attached hydrogen (secondary N) is 1. The molecular weight excluding hydrogens is 166 g/mol. The van der Waals surface area contributed by atoms with E-state index in [0.29, 0.717) is 6.42 Å². The summed E-state index contributed by atoms with van der Waals surface area (Å²) in [7, 11) is 0. The van der Waals surface area contributed by atoms with E-state index in [1.807, 2.05) is 6.92 Å². The van der Waals surface area contributed by atoms with E-state index in [1.54, 1.807) is 0 Å². The topological polar surface area (TPSA) is 38.3 Å². The molecule has 3 nitrogen and oxygen atoms in total. The quantitative estimate of drug-likeness (QED) is 0.588. The summed E-state index contributed by atoms with van der Waals surface area (Å²) >= 11 is 0. The van der Waals surface area contributed by atoms with Crippen molar-refractivity contribution in [3.63, 3.8) is 0 Å². The van der Waals surface area contributed by atoms with Crippen molar-refractivity contribution >= 4 is 5.91 Å². The van der Waals surface area contributed by atoms with E-state index in [-0.39, 0.29) is 5.91 Å². The lowest BCUT2D eigenvalue weighted by Crippen LogP contribution is -2.23. The largest absolute Gasteiger partial charge is 0.381 e. The van der Waals surface area contributed by atoms with Gasteiger partial charge in [0.1, 0.15) is 0 Å². The van der Waals surface area contributed by atoms with Gasteiger partial charge in [0.25, 0.3) is 0 Å². The molecule has 0 aliphatic carbocycles. The highest BCUT2D eigenvalue weighted by Gasteiger charge is 1.94. The maximum absolute atomic E-state index is 10.8. The Balaban J connectivity index is 2.95. The molecule has 0 fully saturated rings. The van der Waals surface area contributed by atoms with E-state index in [9.17, 15) is 4.79 Å². The lowest BCUT2D eigenvalue weighted by atomic mass is 10.3. The molecule has 0 saturated heterocycles. The standard InChI is InChI=1S/C10H21NO2/c1-3-8-13-9-6-5-7-11-10(12)4-2/h3-9H2,1-2H3,(H,11,12). The molecule has 0 radical (unpaired) electrons. The third-order valence-electron chi connectivity index (χ3n) is 1.71. The fourth-order valence-corrected chi connectivity index (χ4v) is 0.928. The van der Waals surface area contributed by atoms with Crippen molar-refractivity contribution in [3.8, 4) is 0 Å². The fourth-order valence-electron chi connectivity index (χ4n) is 0.928. The number of ether oxygens (including phenoxy) is 1. The molecule has 3 heteroatoms. The molecule has 0 atom stereocenters. The van der Waals surface area contributed by atoms with Crippen LogP contribution in [0, 0.1) is 0 Å². The Morgan fingerprint density at radius 3 is 2.62 bits per heavy atom. The SMILES string of the molecule is CCCOCCCCNC(=O)CC. The van der Waals surface area contributed by atoms with Crippen LogP contribution in [0.4, 0.5) is 0 Å². The molecule has 1 amide bonds. The van der Waals surface area contributed by atoms with Gasteiger partial charge in [0, 0.05) is 26.2 Å². The molecule has 0 aliphatic rings. The highest BCUT2D eigenvalue weighted by atomic mass is 16.5. The summed E-state index contributed by atoms with van der Waals surface area (Å²) in [6.45, 7) is 6.40. The third kappa shape index (κ3) is 9.34. The average molecular weight is 187 g/mol. The Hall–Kier alpha value is -0.570. The number of amides is 1. The van der Waals surface area contributed by atoms with Gasteiger partial charge in [-0.05, 0) is 19.3 Å². The molecule has 0 unspecified atom stereocenters. The van der Waals surface area contributed by atoms with Crippen LogP contribution in [0.25, 0.3) is 0 Å². The molecule has 78 valence electrons. The molecule has 1 N–H and O–H groups in total. The average Bonchev–Trinajstić information content (AvgIpc) is 2.16. The van der Waals surface area contributed by atoms with Gasteiger partial charge in [0.15, 0.2) is 0 Å². The minimum Gasteiger partial charge on any atom is -0.381 e. The molecule has 0 aliphatic heterocycles.